The molecule has 0 N–H and O–H groups in total. The molecule has 0 bridgehead atoms. The van der Waals surface area contributed by atoms with Crippen LogP contribution in [-0.4, -0.2) is 30.6 Å². The fraction of sp³-hybridized carbons (Fsp3) is 0.750. The van der Waals surface area contributed by atoms with Crippen LogP contribution < -0.4 is 0 Å². The van der Waals surface area contributed by atoms with Gasteiger partial charge in [0.2, 0.25) is 0 Å². The fourth-order valence-electron chi connectivity index (χ4n) is 1.04. The lowest BCUT2D eigenvalue weighted by molar-refractivity contribution is -0.148. The summed E-state index contributed by atoms with van der Waals surface area (Å²) in [7, 11) is 0. The van der Waals surface area contributed by atoms with Gasteiger partial charge in [0, 0.05) is 0 Å². The zero-order chi connectivity index (χ0) is 9.19. The molecule has 4 nitrogen and oxygen atoms in total. The Morgan fingerprint density at radius 2 is 2.42 bits per heavy atom. The molecule has 0 spiro atoms. The average Bonchev–Trinajstić information content (AvgIpc) is 2.30. The highest BCUT2D eigenvalue weighted by Crippen LogP contribution is 2.22. The van der Waals surface area contributed by atoms with Crippen molar-refractivity contribution >= 4 is 12.4 Å². The molecule has 68 valence electrons. The smallest absolute Gasteiger partial charge is 0.335 e. The van der Waals surface area contributed by atoms with E-state index in [9.17, 15) is 4.79 Å². The van der Waals surface area contributed by atoms with Gasteiger partial charge in [0.25, 0.3) is 0 Å². The Morgan fingerprint density at radius 1 is 1.75 bits per heavy atom. The van der Waals surface area contributed by atoms with Gasteiger partial charge in [-0.2, -0.15) is 0 Å². The molecular weight excluding hydrogens is 158 g/mol. The van der Waals surface area contributed by atoms with Crippen LogP contribution >= 0.6 is 0 Å². The predicted molar refractivity (Wildman–Crippen MR) is 44.1 cm³/mol. The molecule has 0 aromatic heterocycles. The minimum atomic E-state index is -0.563. The van der Waals surface area contributed by atoms with Gasteiger partial charge in [-0.15, -0.1) is 0 Å². The van der Waals surface area contributed by atoms with Crippen LogP contribution in [0.5, 0.6) is 0 Å². The lowest BCUT2D eigenvalue weighted by atomic mass is 10.0. The SMILES string of the molecule is CCOC(=O)C1N=COC1(C)C. The van der Waals surface area contributed by atoms with E-state index >= 15 is 0 Å². The molecule has 0 aliphatic carbocycles. The first-order chi connectivity index (χ1) is 5.58. The summed E-state index contributed by atoms with van der Waals surface area (Å²) in [6.45, 7) is 5.76. The van der Waals surface area contributed by atoms with Crippen molar-refractivity contribution in [3.05, 3.63) is 0 Å². The molecule has 1 rings (SSSR count). The molecule has 12 heavy (non-hydrogen) atoms. The number of hydrogen-bond acceptors (Lipinski definition) is 4. The van der Waals surface area contributed by atoms with Crippen LogP contribution in [0, 0.1) is 0 Å². The van der Waals surface area contributed by atoms with Crippen molar-refractivity contribution in [2.45, 2.75) is 32.4 Å². The Bertz CT molecular complexity index is 210. The van der Waals surface area contributed by atoms with Crippen molar-refractivity contribution in [2.24, 2.45) is 4.99 Å². The summed E-state index contributed by atoms with van der Waals surface area (Å²) in [5, 5.41) is 0. The summed E-state index contributed by atoms with van der Waals surface area (Å²) in [6.07, 6.45) is 1.31. The summed E-state index contributed by atoms with van der Waals surface area (Å²) in [4.78, 5) is 15.1. The van der Waals surface area contributed by atoms with E-state index in [0.717, 1.165) is 0 Å². The summed E-state index contributed by atoms with van der Waals surface area (Å²) in [5.41, 5.74) is -0.563. The first kappa shape index (κ1) is 9.03. The molecule has 0 saturated carbocycles. The monoisotopic (exact) mass is 171 g/mol. The van der Waals surface area contributed by atoms with Gasteiger partial charge in [0.05, 0.1) is 6.61 Å². The molecule has 1 unspecified atom stereocenters. The number of nitrogens with zero attached hydrogens (tertiary/aromatic N) is 1. The topological polar surface area (TPSA) is 47.9 Å². The van der Waals surface area contributed by atoms with E-state index in [0.29, 0.717) is 6.61 Å². The third kappa shape index (κ3) is 1.57. The van der Waals surface area contributed by atoms with Crippen LogP contribution in [0.2, 0.25) is 0 Å². The lowest BCUT2D eigenvalue weighted by Gasteiger charge is -2.22. The standard InChI is InChI=1S/C8H13NO3/c1-4-11-7(10)6-8(2,3)12-5-9-6/h5-6H,4H2,1-3H3. The predicted octanol–water partition coefficient (Wildman–Crippen LogP) is 0.755. The molecule has 1 heterocycles. The van der Waals surface area contributed by atoms with Crippen molar-refractivity contribution in [2.75, 3.05) is 6.61 Å². The van der Waals surface area contributed by atoms with Crippen LogP contribution in [0.25, 0.3) is 0 Å². The van der Waals surface area contributed by atoms with Gasteiger partial charge < -0.3 is 9.47 Å². The summed E-state index contributed by atoms with van der Waals surface area (Å²) in [5.74, 6) is -0.323. The third-order valence-corrected chi connectivity index (χ3v) is 1.73. The summed E-state index contributed by atoms with van der Waals surface area (Å²) in [6, 6.07) is -0.516. The maximum Gasteiger partial charge on any atom is 0.335 e. The molecule has 4 heteroatoms. The second-order valence-corrected chi connectivity index (χ2v) is 3.13. The van der Waals surface area contributed by atoms with E-state index in [2.05, 4.69) is 4.99 Å². The second-order valence-electron chi connectivity index (χ2n) is 3.13. The minimum absolute atomic E-state index is 0.323. The van der Waals surface area contributed by atoms with Gasteiger partial charge in [-0.25, -0.2) is 9.79 Å². The molecule has 1 atom stereocenters. The minimum Gasteiger partial charge on any atom is -0.475 e. The Labute approximate surface area is 71.6 Å². The van der Waals surface area contributed by atoms with Crippen LogP contribution in [0.4, 0.5) is 0 Å². The average molecular weight is 171 g/mol. The largest absolute Gasteiger partial charge is 0.475 e. The van der Waals surface area contributed by atoms with Gasteiger partial charge in [-0.05, 0) is 20.8 Å². The van der Waals surface area contributed by atoms with Crippen LogP contribution in [0.1, 0.15) is 20.8 Å². The van der Waals surface area contributed by atoms with Crippen molar-refractivity contribution in [3.8, 4) is 0 Å². The highest BCUT2D eigenvalue weighted by atomic mass is 16.5. The van der Waals surface area contributed by atoms with Gasteiger partial charge in [0.1, 0.15) is 5.60 Å². The van der Waals surface area contributed by atoms with Gasteiger partial charge in [0.15, 0.2) is 12.4 Å². The number of esters is 1. The molecule has 0 saturated heterocycles. The third-order valence-electron chi connectivity index (χ3n) is 1.73. The van der Waals surface area contributed by atoms with E-state index in [4.69, 9.17) is 9.47 Å². The van der Waals surface area contributed by atoms with Crippen molar-refractivity contribution < 1.29 is 14.3 Å². The summed E-state index contributed by atoms with van der Waals surface area (Å²) >= 11 is 0. The molecule has 0 aromatic rings. The number of hydrogen-bond donors (Lipinski definition) is 0. The van der Waals surface area contributed by atoms with Crippen molar-refractivity contribution in [3.63, 3.8) is 0 Å². The van der Waals surface area contributed by atoms with Crippen LogP contribution in [0.3, 0.4) is 0 Å². The lowest BCUT2D eigenvalue weighted by Crippen LogP contribution is -2.39. The van der Waals surface area contributed by atoms with Gasteiger partial charge in [-0.1, -0.05) is 0 Å². The maximum atomic E-state index is 11.2. The summed E-state index contributed by atoms with van der Waals surface area (Å²) < 4.78 is 9.96. The Balaban J connectivity index is 2.62. The van der Waals surface area contributed by atoms with E-state index in [1.54, 1.807) is 6.92 Å². The zero-order valence-electron chi connectivity index (χ0n) is 7.53. The molecule has 0 amide bonds. The molecule has 0 aromatic carbocycles. The van der Waals surface area contributed by atoms with Crippen LogP contribution in [0.15, 0.2) is 4.99 Å². The zero-order valence-corrected chi connectivity index (χ0v) is 7.53. The van der Waals surface area contributed by atoms with E-state index < -0.39 is 11.6 Å². The number of aliphatic imine (C=N–C) groups is 1. The molecule has 1 aliphatic heterocycles. The van der Waals surface area contributed by atoms with E-state index in [1.807, 2.05) is 13.8 Å². The fourth-order valence-corrected chi connectivity index (χ4v) is 1.04. The first-order valence-corrected chi connectivity index (χ1v) is 3.94. The van der Waals surface area contributed by atoms with Gasteiger partial charge >= 0.3 is 5.97 Å². The highest BCUT2D eigenvalue weighted by molar-refractivity contribution is 5.80. The molecular formula is C8H13NO3. The first-order valence-electron chi connectivity index (χ1n) is 3.94. The Morgan fingerprint density at radius 3 is 2.83 bits per heavy atom. The van der Waals surface area contributed by atoms with E-state index in [-0.39, 0.29) is 5.97 Å². The number of carbonyl (C=O) groups is 1. The van der Waals surface area contributed by atoms with E-state index in [1.165, 1.54) is 6.40 Å². The molecule has 0 radical (unpaired) electrons. The van der Waals surface area contributed by atoms with Crippen molar-refractivity contribution in [1.29, 1.82) is 0 Å². The quantitative estimate of drug-likeness (QED) is 0.576. The molecule has 0 fully saturated rings. The highest BCUT2D eigenvalue weighted by Gasteiger charge is 2.40. The Kier molecular flexibility index (Phi) is 2.35. The second kappa shape index (κ2) is 3.13. The maximum absolute atomic E-state index is 11.2. The van der Waals surface area contributed by atoms with Gasteiger partial charge in [-0.3, -0.25) is 0 Å². The number of rotatable bonds is 2. The Hall–Kier alpha value is -1.06. The van der Waals surface area contributed by atoms with Crippen molar-refractivity contribution in [1.82, 2.24) is 0 Å². The van der Waals surface area contributed by atoms with Crippen LogP contribution in [-0.2, 0) is 14.3 Å². The normalized spacial score (nSPS) is 25.1. The molecule has 1 aliphatic rings. The number of ether oxygens (including phenoxy) is 2. The number of carbonyl (C=O) groups excluding carboxylic acids is 1.